The summed E-state index contributed by atoms with van der Waals surface area (Å²) in [5.41, 5.74) is 1.15. The standard InChI is InChI=1S/C11H16N4S/c1-9(8-16-2)13-6-10-7-14-11-12-4-3-5-15(10)11/h3-5,7,9,13H,6,8H2,1-2H3. The Hall–Kier alpha value is -1.07. The Morgan fingerprint density at radius 1 is 1.50 bits per heavy atom. The zero-order valence-corrected chi connectivity index (χ0v) is 10.4. The summed E-state index contributed by atoms with van der Waals surface area (Å²) in [6, 6.07) is 2.43. The molecule has 2 aromatic rings. The maximum absolute atomic E-state index is 4.25. The van der Waals surface area contributed by atoms with Crippen LogP contribution in [0.2, 0.25) is 0 Å². The van der Waals surface area contributed by atoms with Crippen molar-refractivity contribution in [2.24, 2.45) is 0 Å². The SMILES string of the molecule is CSCC(C)NCc1cnc2ncccn12. The van der Waals surface area contributed by atoms with Gasteiger partial charge in [-0.15, -0.1) is 0 Å². The first kappa shape index (κ1) is 11.4. The average Bonchev–Trinajstić information content (AvgIpc) is 2.70. The van der Waals surface area contributed by atoms with E-state index in [4.69, 9.17) is 0 Å². The highest BCUT2D eigenvalue weighted by molar-refractivity contribution is 7.98. The Kier molecular flexibility index (Phi) is 3.79. The third-order valence-electron chi connectivity index (χ3n) is 2.41. The zero-order chi connectivity index (χ0) is 11.4. The van der Waals surface area contributed by atoms with Crippen LogP contribution in [0.3, 0.4) is 0 Å². The summed E-state index contributed by atoms with van der Waals surface area (Å²) in [7, 11) is 0. The summed E-state index contributed by atoms with van der Waals surface area (Å²) in [6.45, 7) is 3.02. The molecule has 0 saturated carbocycles. The molecule has 0 radical (unpaired) electrons. The molecule has 2 aromatic heterocycles. The molecule has 4 nitrogen and oxygen atoms in total. The lowest BCUT2D eigenvalue weighted by atomic mass is 10.3. The topological polar surface area (TPSA) is 42.2 Å². The van der Waals surface area contributed by atoms with E-state index in [9.17, 15) is 0 Å². The van der Waals surface area contributed by atoms with Gasteiger partial charge in [-0.05, 0) is 19.2 Å². The van der Waals surface area contributed by atoms with Crippen molar-refractivity contribution in [3.8, 4) is 0 Å². The zero-order valence-electron chi connectivity index (χ0n) is 9.55. The molecule has 0 spiro atoms. The molecule has 86 valence electrons. The highest BCUT2D eigenvalue weighted by atomic mass is 32.2. The number of imidazole rings is 1. The predicted octanol–water partition coefficient (Wildman–Crippen LogP) is 1.57. The van der Waals surface area contributed by atoms with Crippen molar-refractivity contribution in [2.75, 3.05) is 12.0 Å². The van der Waals surface area contributed by atoms with Crippen LogP contribution in [-0.4, -0.2) is 32.4 Å². The lowest BCUT2D eigenvalue weighted by Crippen LogP contribution is -2.28. The molecule has 1 atom stereocenters. The van der Waals surface area contributed by atoms with E-state index in [0.717, 1.165) is 23.8 Å². The largest absolute Gasteiger partial charge is 0.308 e. The molecule has 1 unspecified atom stereocenters. The van der Waals surface area contributed by atoms with Gasteiger partial charge < -0.3 is 5.32 Å². The predicted molar refractivity (Wildman–Crippen MR) is 67.7 cm³/mol. The van der Waals surface area contributed by atoms with Gasteiger partial charge in [0.15, 0.2) is 0 Å². The minimum atomic E-state index is 0.511. The molecule has 2 heterocycles. The Morgan fingerprint density at radius 2 is 2.38 bits per heavy atom. The van der Waals surface area contributed by atoms with Crippen LogP contribution in [0.4, 0.5) is 0 Å². The summed E-state index contributed by atoms with van der Waals surface area (Å²) < 4.78 is 2.01. The maximum Gasteiger partial charge on any atom is 0.233 e. The highest BCUT2D eigenvalue weighted by Crippen LogP contribution is 2.04. The molecule has 0 aliphatic carbocycles. The van der Waals surface area contributed by atoms with Gasteiger partial charge in [0.25, 0.3) is 0 Å². The molecule has 0 fully saturated rings. The van der Waals surface area contributed by atoms with E-state index in [2.05, 4.69) is 28.5 Å². The Morgan fingerprint density at radius 3 is 3.19 bits per heavy atom. The number of thioether (sulfide) groups is 1. The van der Waals surface area contributed by atoms with E-state index in [0.29, 0.717) is 6.04 Å². The van der Waals surface area contributed by atoms with Crippen LogP contribution in [0.15, 0.2) is 24.7 Å². The van der Waals surface area contributed by atoms with Crippen LogP contribution >= 0.6 is 11.8 Å². The van der Waals surface area contributed by atoms with Gasteiger partial charge in [0.05, 0.1) is 11.9 Å². The highest BCUT2D eigenvalue weighted by Gasteiger charge is 2.05. The smallest absolute Gasteiger partial charge is 0.233 e. The van der Waals surface area contributed by atoms with Gasteiger partial charge in [0, 0.05) is 30.7 Å². The monoisotopic (exact) mass is 236 g/mol. The molecular weight excluding hydrogens is 220 g/mol. The molecule has 5 heteroatoms. The van der Waals surface area contributed by atoms with Gasteiger partial charge in [-0.3, -0.25) is 4.40 Å². The lowest BCUT2D eigenvalue weighted by molar-refractivity contribution is 0.586. The first-order valence-corrected chi connectivity index (χ1v) is 6.70. The first-order valence-electron chi connectivity index (χ1n) is 5.30. The average molecular weight is 236 g/mol. The van der Waals surface area contributed by atoms with E-state index < -0.39 is 0 Å². The fourth-order valence-electron chi connectivity index (χ4n) is 1.60. The molecule has 0 bridgehead atoms. The summed E-state index contributed by atoms with van der Waals surface area (Å²) in [5.74, 6) is 1.88. The molecule has 0 aliphatic heterocycles. The van der Waals surface area contributed by atoms with Gasteiger partial charge in [0.1, 0.15) is 0 Å². The van der Waals surface area contributed by atoms with Crippen LogP contribution in [0, 0.1) is 0 Å². The van der Waals surface area contributed by atoms with Crippen LogP contribution in [-0.2, 0) is 6.54 Å². The second-order valence-corrected chi connectivity index (χ2v) is 4.69. The van der Waals surface area contributed by atoms with Crippen molar-refractivity contribution in [1.82, 2.24) is 19.7 Å². The van der Waals surface area contributed by atoms with Crippen LogP contribution < -0.4 is 5.32 Å². The number of rotatable bonds is 5. The van der Waals surface area contributed by atoms with E-state index in [1.54, 1.807) is 6.20 Å². The number of hydrogen-bond donors (Lipinski definition) is 1. The van der Waals surface area contributed by atoms with Crippen LogP contribution in [0.25, 0.3) is 5.78 Å². The third-order valence-corrected chi connectivity index (χ3v) is 3.25. The number of aromatic nitrogens is 3. The summed E-state index contributed by atoms with van der Waals surface area (Å²) >= 11 is 1.85. The summed E-state index contributed by atoms with van der Waals surface area (Å²) in [4.78, 5) is 8.43. The summed E-state index contributed by atoms with van der Waals surface area (Å²) in [5, 5.41) is 3.47. The van der Waals surface area contributed by atoms with Crippen molar-refractivity contribution in [1.29, 1.82) is 0 Å². The fraction of sp³-hybridized carbons (Fsp3) is 0.455. The Bertz CT molecular complexity index is 454. The van der Waals surface area contributed by atoms with Crippen molar-refractivity contribution in [3.05, 3.63) is 30.4 Å². The molecule has 16 heavy (non-hydrogen) atoms. The van der Waals surface area contributed by atoms with Gasteiger partial charge in [-0.25, -0.2) is 9.97 Å². The molecular formula is C11H16N4S. The maximum atomic E-state index is 4.25. The van der Waals surface area contributed by atoms with Gasteiger partial charge >= 0.3 is 0 Å². The van der Waals surface area contributed by atoms with E-state index in [1.807, 2.05) is 34.6 Å². The first-order chi connectivity index (χ1) is 7.81. The van der Waals surface area contributed by atoms with Crippen LogP contribution in [0.1, 0.15) is 12.6 Å². The normalized spacial score (nSPS) is 13.1. The number of nitrogens with zero attached hydrogens (tertiary/aromatic N) is 3. The fourth-order valence-corrected chi connectivity index (χ4v) is 2.21. The molecule has 0 aromatic carbocycles. The van der Waals surface area contributed by atoms with E-state index in [-0.39, 0.29) is 0 Å². The number of nitrogens with one attached hydrogen (secondary N) is 1. The third kappa shape index (κ3) is 2.54. The van der Waals surface area contributed by atoms with Crippen molar-refractivity contribution in [2.45, 2.75) is 19.5 Å². The van der Waals surface area contributed by atoms with Gasteiger partial charge in [-0.2, -0.15) is 11.8 Å². The van der Waals surface area contributed by atoms with Gasteiger partial charge in [0.2, 0.25) is 5.78 Å². The number of fused-ring (bicyclic) bond motifs is 1. The minimum Gasteiger partial charge on any atom is -0.308 e. The van der Waals surface area contributed by atoms with Crippen molar-refractivity contribution in [3.63, 3.8) is 0 Å². The molecule has 0 aliphatic rings. The molecule has 0 saturated heterocycles. The number of hydrogen-bond acceptors (Lipinski definition) is 4. The second kappa shape index (κ2) is 5.32. The molecule has 0 amide bonds. The Labute approximate surface area is 99.5 Å². The molecule has 1 N–H and O–H groups in total. The summed E-state index contributed by atoms with van der Waals surface area (Å²) in [6.07, 6.45) is 7.75. The Balaban J connectivity index is 2.04. The van der Waals surface area contributed by atoms with Crippen molar-refractivity contribution >= 4 is 17.5 Å². The minimum absolute atomic E-state index is 0.511. The lowest BCUT2D eigenvalue weighted by Gasteiger charge is -2.11. The molecule has 2 rings (SSSR count). The van der Waals surface area contributed by atoms with Crippen LogP contribution in [0.5, 0.6) is 0 Å². The van der Waals surface area contributed by atoms with Crippen molar-refractivity contribution < 1.29 is 0 Å². The van der Waals surface area contributed by atoms with Gasteiger partial charge in [-0.1, -0.05) is 0 Å². The van der Waals surface area contributed by atoms with E-state index >= 15 is 0 Å². The van der Waals surface area contributed by atoms with E-state index in [1.165, 1.54) is 0 Å². The quantitative estimate of drug-likeness (QED) is 0.855. The second-order valence-electron chi connectivity index (χ2n) is 3.78.